The first-order chi connectivity index (χ1) is 12.9. The van der Waals surface area contributed by atoms with Crippen LogP contribution in [0.15, 0.2) is 42.5 Å². The summed E-state index contributed by atoms with van der Waals surface area (Å²) in [7, 11) is 2.98. The smallest absolute Gasteiger partial charge is 0.226 e. The summed E-state index contributed by atoms with van der Waals surface area (Å²) in [5.74, 6) is 0.540. The fourth-order valence-electron chi connectivity index (χ4n) is 2.56. The van der Waals surface area contributed by atoms with Crippen molar-refractivity contribution in [3.63, 3.8) is 0 Å². The summed E-state index contributed by atoms with van der Waals surface area (Å²) in [6.45, 7) is 2.26. The van der Waals surface area contributed by atoms with E-state index < -0.39 is 0 Å². The van der Waals surface area contributed by atoms with Gasteiger partial charge in [0.15, 0.2) is 0 Å². The highest BCUT2D eigenvalue weighted by Crippen LogP contribution is 2.35. The van der Waals surface area contributed by atoms with Crippen LogP contribution in [0.5, 0.6) is 11.5 Å². The summed E-state index contributed by atoms with van der Waals surface area (Å²) in [5, 5.41) is 3.17. The summed E-state index contributed by atoms with van der Waals surface area (Å²) in [4.78, 5) is 25.9. The third kappa shape index (κ3) is 5.89. The molecule has 0 fully saturated rings. The Kier molecular flexibility index (Phi) is 7.49. The number of halogens is 1. The summed E-state index contributed by atoms with van der Waals surface area (Å²) in [6, 6.07) is 12.8. The third-order valence-electron chi connectivity index (χ3n) is 4.02. The van der Waals surface area contributed by atoms with Crippen LogP contribution < -0.4 is 14.8 Å². The van der Waals surface area contributed by atoms with Gasteiger partial charge in [-0.25, -0.2) is 0 Å². The van der Waals surface area contributed by atoms with Gasteiger partial charge in [0.05, 0.1) is 24.9 Å². The lowest BCUT2D eigenvalue weighted by atomic mass is 10.2. The number of hydrogen-bond acceptors (Lipinski definition) is 4. The molecule has 0 heterocycles. The van der Waals surface area contributed by atoms with Crippen LogP contribution in [0.4, 0.5) is 5.69 Å². The van der Waals surface area contributed by atoms with E-state index in [-0.39, 0.29) is 18.2 Å². The molecule has 0 aromatic heterocycles. The highest BCUT2D eigenvalue weighted by atomic mass is 35.5. The minimum absolute atomic E-state index is 0.0857. The normalized spacial score (nSPS) is 10.2. The Hall–Kier alpha value is -2.73. The molecule has 2 aromatic rings. The van der Waals surface area contributed by atoms with Crippen LogP contribution in [0, 0.1) is 0 Å². The van der Waals surface area contributed by atoms with Crippen LogP contribution >= 0.6 is 11.6 Å². The van der Waals surface area contributed by atoms with Crippen LogP contribution in [0.2, 0.25) is 5.02 Å². The number of amides is 2. The Morgan fingerprint density at radius 2 is 1.74 bits per heavy atom. The average molecular weight is 391 g/mol. The van der Waals surface area contributed by atoms with Gasteiger partial charge in [-0.1, -0.05) is 41.9 Å². The maximum atomic E-state index is 12.4. The van der Waals surface area contributed by atoms with Gasteiger partial charge in [0.25, 0.3) is 0 Å². The number of carbonyl (C=O) groups is 2. The van der Waals surface area contributed by atoms with Gasteiger partial charge in [-0.05, 0) is 5.56 Å². The second kappa shape index (κ2) is 9.83. The van der Waals surface area contributed by atoms with Gasteiger partial charge in [0.2, 0.25) is 11.8 Å². The molecule has 0 aliphatic heterocycles. The lowest BCUT2D eigenvalue weighted by molar-refractivity contribution is -0.129. The Labute approximate surface area is 164 Å². The molecule has 2 aromatic carbocycles. The van der Waals surface area contributed by atoms with Crippen molar-refractivity contribution < 1.29 is 19.1 Å². The predicted octanol–water partition coefficient (Wildman–Crippen LogP) is 3.73. The van der Waals surface area contributed by atoms with Gasteiger partial charge < -0.3 is 19.7 Å². The number of nitrogens with one attached hydrogen (secondary N) is 1. The van der Waals surface area contributed by atoms with Crippen LogP contribution in [0.25, 0.3) is 0 Å². The number of methoxy groups -OCH3 is 2. The second-order valence-corrected chi connectivity index (χ2v) is 6.32. The van der Waals surface area contributed by atoms with Gasteiger partial charge in [-0.15, -0.1) is 0 Å². The van der Waals surface area contributed by atoms with Crippen LogP contribution in [-0.2, 0) is 16.1 Å². The summed E-state index contributed by atoms with van der Waals surface area (Å²) in [6.07, 6.45) is 0.153. The minimum atomic E-state index is -0.239. The predicted molar refractivity (Wildman–Crippen MR) is 105 cm³/mol. The zero-order valence-corrected chi connectivity index (χ0v) is 16.4. The van der Waals surface area contributed by atoms with Crippen molar-refractivity contribution >= 4 is 29.1 Å². The number of nitrogens with zero attached hydrogens (tertiary/aromatic N) is 1. The van der Waals surface area contributed by atoms with Gasteiger partial charge in [0.1, 0.15) is 11.5 Å². The van der Waals surface area contributed by atoms with Crippen molar-refractivity contribution in [1.29, 1.82) is 0 Å². The van der Waals surface area contributed by atoms with E-state index in [4.69, 9.17) is 21.1 Å². The molecular formula is C20H23ClN2O4. The number of anilines is 1. The first-order valence-electron chi connectivity index (χ1n) is 8.45. The second-order valence-electron chi connectivity index (χ2n) is 5.91. The standard InChI is InChI=1S/C20H23ClN2O4/c1-14(24)23(13-15-7-5-4-6-8-15)10-9-20(25)22-17-12-18(26-2)16(21)11-19(17)27-3/h4-8,11-12H,9-10,13H2,1-3H3,(H,22,25). The molecule has 144 valence electrons. The average Bonchev–Trinajstić information content (AvgIpc) is 2.66. The SMILES string of the molecule is COc1cc(NC(=O)CCN(Cc2ccccc2)C(C)=O)c(OC)cc1Cl. The quantitative estimate of drug-likeness (QED) is 0.745. The molecule has 0 saturated carbocycles. The molecule has 6 nitrogen and oxygen atoms in total. The monoisotopic (exact) mass is 390 g/mol. The Morgan fingerprint density at radius 3 is 2.33 bits per heavy atom. The molecule has 0 aliphatic rings. The van der Waals surface area contributed by atoms with Gasteiger partial charge >= 0.3 is 0 Å². The number of ether oxygens (including phenoxy) is 2. The Morgan fingerprint density at radius 1 is 1.07 bits per heavy atom. The molecule has 0 atom stereocenters. The largest absolute Gasteiger partial charge is 0.495 e. The molecule has 0 saturated heterocycles. The first kappa shape index (κ1) is 20.6. The lowest BCUT2D eigenvalue weighted by Crippen LogP contribution is -2.31. The lowest BCUT2D eigenvalue weighted by Gasteiger charge is -2.21. The molecule has 2 rings (SSSR count). The number of carbonyl (C=O) groups excluding carboxylic acids is 2. The summed E-state index contributed by atoms with van der Waals surface area (Å²) < 4.78 is 10.4. The molecule has 0 bridgehead atoms. The van der Waals surface area contributed by atoms with Crippen molar-refractivity contribution in [2.75, 3.05) is 26.1 Å². The molecular weight excluding hydrogens is 368 g/mol. The fraction of sp³-hybridized carbons (Fsp3) is 0.300. The maximum Gasteiger partial charge on any atom is 0.226 e. The van der Waals surface area contributed by atoms with Gasteiger partial charge in [-0.3, -0.25) is 9.59 Å². The van der Waals surface area contributed by atoms with Crippen LogP contribution in [0.1, 0.15) is 18.9 Å². The molecule has 0 spiro atoms. The van der Waals surface area contributed by atoms with Gasteiger partial charge in [-0.2, -0.15) is 0 Å². The molecule has 2 amide bonds. The van der Waals surface area contributed by atoms with Crippen LogP contribution in [-0.4, -0.2) is 37.5 Å². The highest BCUT2D eigenvalue weighted by molar-refractivity contribution is 6.32. The molecule has 0 radical (unpaired) electrons. The number of rotatable bonds is 8. The maximum absolute atomic E-state index is 12.4. The molecule has 1 N–H and O–H groups in total. The topological polar surface area (TPSA) is 67.9 Å². The number of benzene rings is 2. The Bertz CT molecular complexity index is 796. The Balaban J connectivity index is 2.01. The fourth-order valence-corrected chi connectivity index (χ4v) is 2.79. The van der Waals surface area contributed by atoms with Crippen molar-refractivity contribution in [2.24, 2.45) is 0 Å². The van der Waals surface area contributed by atoms with E-state index >= 15 is 0 Å². The van der Waals surface area contributed by atoms with Crippen molar-refractivity contribution in [1.82, 2.24) is 4.90 Å². The third-order valence-corrected chi connectivity index (χ3v) is 4.31. The van der Waals surface area contributed by atoms with Crippen molar-refractivity contribution in [3.05, 3.63) is 53.1 Å². The van der Waals surface area contributed by atoms with E-state index in [2.05, 4.69) is 5.32 Å². The van der Waals surface area contributed by atoms with E-state index in [0.29, 0.717) is 35.3 Å². The van der Waals surface area contributed by atoms with E-state index in [9.17, 15) is 9.59 Å². The molecule has 0 unspecified atom stereocenters. The van der Waals surface area contributed by atoms with E-state index in [1.54, 1.807) is 17.0 Å². The van der Waals surface area contributed by atoms with Gasteiger partial charge in [0, 0.05) is 38.6 Å². The van der Waals surface area contributed by atoms with Crippen LogP contribution in [0.3, 0.4) is 0 Å². The molecule has 27 heavy (non-hydrogen) atoms. The molecule has 0 aliphatic carbocycles. The summed E-state index contributed by atoms with van der Waals surface area (Å²) in [5.41, 5.74) is 1.47. The molecule has 7 heteroatoms. The van der Waals surface area contributed by atoms with E-state index in [1.807, 2.05) is 30.3 Å². The van der Waals surface area contributed by atoms with Crippen molar-refractivity contribution in [3.8, 4) is 11.5 Å². The summed E-state index contributed by atoms with van der Waals surface area (Å²) >= 11 is 6.07. The zero-order valence-electron chi connectivity index (χ0n) is 15.6. The van der Waals surface area contributed by atoms with E-state index in [1.165, 1.54) is 21.1 Å². The highest BCUT2D eigenvalue weighted by Gasteiger charge is 2.15. The first-order valence-corrected chi connectivity index (χ1v) is 8.83. The zero-order chi connectivity index (χ0) is 19.8. The number of hydrogen-bond donors (Lipinski definition) is 1. The van der Waals surface area contributed by atoms with Crippen molar-refractivity contribution in [2.45, 2.75) is 19.9 Å². The van der Waals surface area contributed by atoms with E-state index in [0.717, 1.165) is 5.56 Å². The minimum Gasteiger partial charge on any atom is -0.495 e.